The second kappa shape index (κ2) is 10.6. The molecule has 3 atom stereocenters. The van der Waals surface area contributed by atoms with Crippen LogP contribution in [0.3, 0.4) is 0 Å². The first kappa shape index (κ1) is 23.4. The van der Waals surface area contributed by atoms with Crippen molar-refractivity contribution in [1.82, 2.24) is 5.32 Å². The van der Waals surface area contributed by atoms with E-state index in [1.54, 1.807) is 18.2 Å². The van der Waals surface area contributed by atoms with Crippen LogP contribution in [0.4, 0.5) is 13.2 Å². The summed E-state index contributed by atoms with van der Waals surface area (Å²) in [4.78, 5) is 36.4. The lowest BCUT2D eigenvalue weighted by molar-refractivity contribution is -0.225. The van der Waals surface area contributed by atoms with Gasteiger partial charge in [0.25, 0.3) is 5.91 Å². The van der Waals surface area contributed by atoms with Gasteiger partial charge in [0, 0.05) is 5.56 Å². The van der Waals surface area contributed by atoms with Gasteiger partial charge in [-0.05, 0) is 32.4 Å². The summed E-state index contributed by atoms with van der Waals surface area (Å²) in [5.74, 6) is -5.24. The molecule has 0 fully saturated rings. The number of aliphatic hydroxyl groups excluding tert-OH is 1. The molecule has 0 aromatic heterocycles. The third-order valence-corrected chi connectivity index (χ3v) is 3.71. The average Bonchev–Trinajstić information content (AvgIpc) is 2.64. The maximum Gasteiger partial charge on any atom is 0.415 e. The van der Waals surface area contributed by atoms with Crippen LogP contribution in [0.25, 0.3) is 0 Å². The minimum absolute atomic E-state index is 0.0948. The summed E-state index contributed by atoms with van der Waals surface area (Å²) in [5.41, 5.74) is 0.154. The van der Waals surface area contributed by atoms with E-state index in [9.17, 15) is 32.7 Å². The lowest BCUT2D eigenvalue weighted by Crippen LogP contribution is -2.48. The van der Waals surface area contributed by atoms with Crippen molar-refractivity contribution in [2.75, 3.05) is 13.2 Å². The number of benzene rings is 1. The van der Waals surface area contributed by atoms with Crippen molar-refractivity contribution in [1.29, 1.82) is 0 Å². The van der Waals surface area contributed by atoms with Gasteiger partial charge >= 0.3 is 18.1 Å². The fourth-order valence-electron chi connectivity index (χ4n) is 2.37. The number of amides is 1. The van der Waals surface area contributed by atoms with Crippen LogP contribution in [0.2, 0.25) is 0 Å². The Labute approximate surface area is 159 Å². The monoisotopic (exact) mass is 405 g/mol. The quantitative estimate of drug-likeness (QED) is 0.608. The summed E-state index contributed by atoms with van der Waals surface area (Å²) in [7, 11) is 0. The molecule has 1 amide bonds. The maximum absolute atomic E-state index is 13.0. The number of alkyl halides is 3. The van der Waals surface area contributed by atoms with E-state index in [1.807, 2.05) is 0 Å². The highest BCUT2D eigenvalue weighted by molar-refractivity contribution is 5.96. The van der Waals surface area contributed by atoms with Gasteiger partial charge in [0.2, 0.25) is 0 Å². The predicted octanol–water partition coefficient (Wildman–Crippen LogP) is 1.84. The zero-order valence-electron chi connectivity index (χ0n) is 15.4. The summed E-state index contributed by atoms with van der Waals surface area (Å²) in [6, 6.07) is 6.04. The number of carbonyl (C=O) groups is 3. The van der Waals surface area contributed by atoms with Crippen molar-refractivity contribution in [2.45, 2.75) is 38.6 Å². The molecule has 0 saturated carbocycles. The summed E-state index contributed by atoms with van der Waals surface area (Å²) < 4.78 is 48.3. The number of esters is 2. The fraction of sp³-hybridized carbons (Fsp3) is 0.500. The molecule has 0 bridgehead atoms. The number of aliphatic hydroxyl groups is 1. The first-order chi connectivity index (χ1) is 13.1. The van der Waals surface area contributed by atoms with Gasteiger partial charge in [-0.15, -0.1) is 0 Å². The minimum Gasteiger partial charge on any atom is -0.466 e. The standard InChI is InChI=1S/C18H22F3NO6/c1-3-27-16(25)12(14(23)18(19,20)21)10-13(17(26)28-4-2)22-15(24)11-8-6-5-7-9-11/h5-9,12-14,23H,3-4,10H2,1-2H3,(H,22,24)/t12-,13+,14-/m0/s1. The van der Waals surface area contributed by atoms with Gasteiger partial charge in [-0.1, -0.05) is 18.2 Å². The first-order valence-electron chi connectivity index (χ1n) is 8.55. The van der Waals surface area contributed by atoms with Crippen LogP contribution in [0.15, 0.2) is 30.3 Å². The lowest BCUT2D eigenvalue weighted by Gasteiger charge is -2.26. The number of carbonyl (C=O) groups excluding carboxylic acids is 3. The predicted molar refractivity (Wildman–Crippen MR) is 91.1 cm³/mol. The molecule has 1 aromatic carbocycles. The Morgan fingerprint density at radius 1 is 1.04 bits per heavy atom. The molecule has 156 valence electrons. The van der Waals surface area contributed by atoms with E-state index in [4.69, 9.17) is 4.74 Å². The number of hydrogen-bond acceptors (Lipinski definition) is 6. The number of hydrogen-bond donors (Lipinski definition) is 2. The number of ether oxygens (including phenoxy) is 2. The molecule has 0 unspecified atom stereocenters. The van der Waals surface area contributed by atoms with E-state index >= 15 is 0 Å². The Hall–Kier alpha value is -2.62. The molecular formula is C18H22F3NO6. The number of nitrogens with one attached hydrogen (secondary N) is 1. The van der Waals surface area contributed by atoms with Crippen molar-refractivity contribution in [2.24, 2.45) is 5.92 Å². The fourth-order valence-corrected chi connectivity index (χ4v) is 2.37. The van der Waals surface area contributed by atoms with E-state index < -0.39 is 48.5 Å². The summed E-state index contributed by atoms with van der Waals surface area (Å²) in [5, 5.41) is 11.8. The molecule has 1 rings (SSSR count). The Morgan fingerprint density at radius 3 is 2.07 bits per heavy atom. The van der Waals surface area contributed by atoms with Gasteiger partial charge in [0.05, 0.1) is 19.1 Å². The zero-order chi connectivity index (χ0) is 21.3. The number of halogens is 3. The van der Waals surface area contributed by atoms with E-state index in [0.717, 1.165) is 0 Å². The normalized spacial score (nSPS) is 14.5. The second-order valence-electron chi connectivity index (χ2n) is 5.72. The van der Waals surface area contributed by atoms with Gasteiger partial charge in [-0.3, -0.25) is 9.59 Å². The SMILES string of the molecule is CCOC(=O)[C@@H](C[C@@H](NC(=O)c1ccccc1)C(=O)OCC)[C@H](O)C(F)(F)F. The largest absolute Gasteiger partial charge is 0.466 e. The first-order valence-corrected chi connectivity index (χ1v) is 8.55. The molecule has 2 N–H and O–H groups in total. The number of rotatable bonds is 9. The molecule has 10 heteroatoms. The van der Waals surface area contributed by atoms with Gasteiger partial charge < -0.3 is 19.9 Å². The highest BCUT2D eigenvalue weighted by Crippen LogP contribution is 2.29. The molecule has 0 aliphatic carbocycles. The topological polar surface area (TPSA) is 102 Å². The van der Waals surface area contributed by atoms with E-state index in [-0.39, 0.29) is 18.8 Å². The average molecular weight is 405 g/mol. The van der Waals surface area contributed by atoms with Crippen LogP contribution < -0.4 is 5.32 Å². The van der Waals surface area contributed by atoms with E-state index in [1.165, 1.54) is 26.0 Å². The molecule has 0 aliphatic heterocycles. The summed E-state index contributed by atoms with van der Waals surface area (Å²) >= 11 is 0. The van der Waals surface area contributed by atoms with Crippen LogP contribution in [0, 0.1) is 5.92 Å². The van der Waals surface area contributed by atoms with Gasteiger partial charge in [-0.2, -0.15) is 13.2 Å². The van der Waals surface area contributed by atoms with Crippen LogP contribution in [0.1, 0.15) is 30.6 Å². The Morgan fingerprint density at radius 2 is 1.57 bits per heavy atom. The molecular weight excluding hydrogens is 383 g/mol. The molecule has 28 heavy (non-hydrogen) atoms. The Balaban J connectivity index is 3.10. The van der Waals surface area contributed by atoms with Crippen molar-refractivity contribution < 1.29 is 42.1 Å². The zero-order valence-corrected chi connectivity index (χ0v) is 15.4. The van der Waals surface area contributed by atoms with E-state index in [0.29, 0.717) is 0 Å². The molecule has 0 heterocycles. The second-order valence-corrected chi connectivity index (χ2v) is 5.72. The third kappa shape index (κ3) is 6.84. The van der Waals surface area contributed by atoms with Gasteiger partial charge in [0.15, 0.2) is 6.10 Å². The molecule has 7 nitrogen and oxygen atoms in total. The Bertz CT molecular complexity index is 665. The minimum atomic E-state index is -5.12. The highest BCUT2D eigenvalue weighted by Gasteiger charge is 2.48. The van der Waals surface area contributed by atoms with Crippen LogP contribution >= 0.6 is 0 Å². The van der Waals surface area contributed by atoms with Gasteiger partial charge in [0.1, 0.15) is 6.04 Å². The van der Waals surface area contributed by atoms with Crippen molar-refractivity contribution in [3.8, 4) is 0 Å². The molecule has 0 aliphatic rings. The van der Waals surface area contributed by atoms with Crippen molar-refractivity contribution in [3.63, 3.8) is 0 Å². The van der Waals surface area contributed by atoms with Crippen LogP contribution in [-0.2, 0) is 19.1 Å². The highest BCUT2D eigenvalue weighted by atomic mass is 19.4. The smallest absolute Gasteiger partial charge is 0.415 e. The third-order valence-electron chi connectivity index (χ3n) is 3.71. The van der Waals surface area contributed by atoms with Crippen LogP contribution in [-0.4, -0.2) is 54.5 Å². The van der Waals surface area contributed by atoms with Crippen molar-refractivity contribution >= 4 is 17.8 Å². The lowest BCUT2D eigenvalue weighted by atomic mass is 9.93. The van der Waals surface area contributed by atoms with Crippen molar-refractivity contribution in [3.05, 3.63) is 35.9 Å². The molecule has 0 radical (unpaired) electrons. The molecule has 1 aromatic rings. The molecule has 0 saturated heterocycles. The maximum atomic E-state index is 13.0. The summed E-state index contributed by atoms with van der Waals surface area (Å²) in [6.07, 6.45) is -9.05. The van der Waals surface area contributed by atoms with Gasteiger partial charge in [-0.25, -0.2) is 4.79 Å². The van der Waals surface area contributed by atoms with E-state index in [2.05, 4.69) is 10.1 Å². The Kier molecular flexibility index (Phi) is 8.90. The molecule has 0 spiro atoms. The summed E-state index contributed by atoms with van der Waals surface area (Å²) in [6.45, 7) is 2.54. The van der Waals surface area contributed by atoms with Crippen LogP contribution in [0.5, 0.6) is 0 Å².